The van der Waals surface area contributed by atoms with E-state index >= 15 is 0 Å². The minimum absolute atomic E-state index is 0.219. The molecule has 1 aromatic rings. The molecule has 0 saturated heterocycles. The second-order valence-corrected chi connectivity index (χ2v) is 4.79. The van der Waals surface area contributed by atoms with Crippen molar-refractivity contribution < 1.29 is 28.9 Å². The van der Waals surface area contributed by atoms with Gasteiger partial charge < -0.3 is 19.3 Å². The number of anilines is 1. The van der Waals surface area contributed by atoms with Gasteiger partial charge in [0.2, 0.25) is 0 Å². The number of hydrogen-bond acceptors (Lipinski definition) is 6. The lowest BCUT2D eigenvalue weighted by atomic mass is 10.1. The van der Waals surface area contributed by atoms with E-state index in [0.29, 0.717) is 29.4 Å². The average molecular weight is 309 g/mol. The van der Waals surface area contributed by atoms with E-state index in [0.717, 1.165) is 0 Å². The fraction of sp³-hybridized carbons (Fsp3) is 0.467. The number of hydrogen-bond donors (Lipinski definition) is 1. The van der Waals surface area contributed by atoms with Crippen LogP contribution in [0.1, 0.15) is 19.4 Å². The molecule has 0 saturated carbocycles. The highest BCUT2D eigenvalue weighted by Crippen LogP contribution is 2.43. The van der Waals surface area contributed by atoms with Crippen molar-refractivity contribution in [3.05, 3.63) is 17.7 Å². The van der Waals surface area contributed by atoms with Crippen LogP contribution in [0, 0.1) is 0 Å². The smallest absolute Gasteiger partial charge is 0.325 e. The molecule has 0 aliphatic carbocycles. The van der Waals surface area contributed by atoms with Crippen LogP contribution >= 0.6 is 0 Å². The molecule has 0 bridgehead atoms. The fourth-order valence-electron chi connectivity index (χ4n) is 2.24. The molecule has 2 rings (SSSR count). The summed E-state index contributed by atoms with van der Waals surface area (Å²) in [4.78, 5) is 25.2. The van der Waals surface area contributed by atoms with Crippen molar-refractivity contribution >= 4 is 17.6 Å². The van der Waals surface area contributed by atoms with Crippen molar-refractivity contribution in [2.24, 2.45) is 0 Å². The SMILES string of the molecule is CCOc1cc(CO)cc2c1OC(C)C(=O)N2CC(=O)OC. The van der Waals surface area contributed by atoms with Crippen molar-refractivity contribution in [1.82, 2.24) is 0 Å². The van der Waals surface area contributed by atoms with Crippen LogP contribution in [-0.4, -0.2) is 43.3 Å². The maximum absolute atomic E-state index is 12.3. The molecule has 1 aliphatic heterocycles. The summed E-state index contributed by atoms with van der Waals surface area (Å²) in [5.74, 6) is -0.0791. The Kier molecular flexibility index (Phi) is 4.87. The molecule has 22 heavy (non-hydrogen) atoms. The molecule has 0 spiro atoms. The van der Waals surface area contributed by atoms with Crippen LogP contribution in [0.4, 0.5) is 5.69 Å². The molecule has 1 aliphatic rings. The van der Waals surface area contributed by atoms with Crippen LogP contribution in [0.3, 0.4) is 0 Å². The van der Waals surface area contributed by atoms with Crippen LogP contribution in [-0.2, 0) is 20.9 Å². The third-order valence-corrected chi connectivity index (χ3v) is 3.29. The molecule has 0 aromatic heterocycles. The highest BCUT2D eigenvalue weighted by atomic mass is 16.5. The molecule has 1 atom stereocenters. The first-order valence-corrected chi connectivity index (χ1v) is 6.97. The van der Waals surface area contributed by atoms with E-state index < -0.39 is 12.1 Å². The summed E-state index contributed by atoms with van der Waals surface area (Å²) in [6.45, 7) is 3.39. The second-order valence-electron chi connectivity index (χ2n) is 4.79. The molecule has 1 heterocycles. The van der Waals surface area contributed by atoms with E-state index in [1.54, 1.807) is 19.1 Å². The number of carbonyl (C=O) groups is 2. The van der Waals surface area contributed by atoms with Crippen LogP contribution in [0.2, 0.25) is 0 Å². The van der Waals surface area contributed by atoms with Gasteiger partial charge in [0, 0.05) is 0 Å². The lowest BCUT2D eigenvalue weighted by molar-refractivity contribution is -0.140. The number of amides is 1. The predicted octanol–water partition coefficient (Wildman–Crippen LogP) is 0.864. The van der Waals surface area contributed by atoms with Gasteiger partial charge in [-0.25, -0.2) is 0 Å². The summed E-state index contributed by atoms with van der Waals surface area (Å²) in [6.07, 6.45) is -0.740. The summed E-state index contributed by atoms with van der Waals surface area (Å²) in [5.41, 5.74) is 0.950. The summed E-state index contributed by atoms with van der Waals surface area (Å²) < 4.78 is 15.8. The van der Waals surface area contributed by atoms with Crippen LogP contribution < -0.4 is 14.4 Å². The number of fused-ring (bicyclic) bond motifs is 1. The number of esters is 1. The topological polar surface area (TPSA) is 85.3 Å². The molecule has 1 aromatic carbocycles. The maximum Gasteiger partial charge on any atom is 0.325 e. The van der Waals surface area contributed by atoms with Crippen molar-refractivity contribution in [3.8, 4) is 11.5 Å². The van der Waals surface area contributed by atoms with E-state index in [1.165, 1.54) is 12.0 Å². The number of benzene rings is 1. The first kappa shape index (κ1) is 16.1. The molecule has 0 fully saturated rings. The standard InChI is InChI=1S/C15H19NO6/c1-4-21-12-6-10(8-17)5-11-14(12)22-9(2)15(19)16(11)7-13(18)20-3/h5-6,9,17H,4,7-8H2,1-3H3. The van der Waals surface area contributed by atoms with E-state index in [2.05, 4.69) is 4.74 Å². The van der Waals surface area contributed by atoms with Gasteiger partial charge in [-0.1, -0.05) is 0 Å². The number of carbonyl (C=O) groups excluding carboxylic acids is 2. The summed E-state index contributed by atoms with van der Waals surface area (Å²) in [5, 5.41) is 9.37. The molecule has 1 N–H and O–H groups in total. The third kappa shape index (κ3) is 2.99. The van der Waals surface area contributed by atoms with Gasteiger partial charge in [0.25, 0.3) is 5.91 Å². The summed E-state index contributed by atoms with van der Waals surface area (Å²) in [6, 6.07) is 3.26. The molecular formula is C15H19NO6. The monoisotopic (exact) mass is 309 g/mol. The first-order valence-electron chi connectivity index (χ1n) is 6.97. The van der Waals surface area contributed by atoms with Gasteiger partial charge in [-0.15, -0.1) is 0 Å². The van der Waals surface area contributed by atoms with E-state index in [-0.39, 0.29) is 19.1 Å². The average Bonchev–Trinajstić information content (AvgIpc) is 2.52. The third-order valence-electron chi connectivity index (χ3n) is 3.29. The fourth-order valence-corrected chi connectivity index (χ4v) is 2.24. The number of ether oxygens (including phenoxy) is 3. The maximum atomic E-state index is 12.3. The normalized spacial score (nSPS) is 16.8. The van der Waals surface area contributed by atoms with Crippen molar-refractivity contribution in [2.45, 2.75) is 26.6 Å². The zero-order valence-corrected chi connectivity index (χ0v) is 12.8. The van der Waals surface area contributed by atoms with Gasteiger partial charge in [-0.3, -0.25) is 14.5 Å². The minimum atomic E-state index is -0.740. The van der Waals surface area contributed by atoms with Gasteiger partial charge in [0.1, 0.15) is 6.54 Å². The number of aliphatic hydroxyl groups excluding tert-OH is 1. The van der Waals surface area contributed by atoms with Crippen LogP contribution in [0.15, 0.2) is 12.1 Å². The van der Waals surface area contributed by atoms with Gasteiger partial charge >= 0.3 is 5.97 Å². The molecular weight excluding hydrogens is 290 g/mol. The quantitative estimate of drug-likeness (QED) is 0.812. The van der Waals surface area contributed by atoms with E-state index in [1.807, 2.05) is 6.92 Å². The Morgan fingerprint density at radius 3 is 2.77 bits per heavy atom. The van der Waals surface area contributed by atoms with Gasteiger partial charge in [-0.2, -0.15) is 0 Å². The zero-order valence-electron chi connectivity index (χ0n) is 12.8. The van der Waals surface area contributed by atoms with E-state index in [9.17, 15) is 14.7 Å². The lowest BCUT2D eigenvalue weighted by Gasteiger charge is -2.33. The number of nitrogens with zero attached hydrogens (tertiary/aromatic N) is 1. The van der Waals surface area contributed by atoms with E-state index in [4.69, 9.17) is 9.47 Å². The summed E-state index contributed by atoms with van der Waals surface area (Å²) in [7, 11) is 1.26. The van der Waals surface area contributed by atoms with Crippen molar-refractivity contribution in [2.75, 3.05) is 25.2 Å². The Hall–Kier alpha value is -2.28. The first-order chi connectivity index (χ1) is 10.5. The molecule has 7 nitrogen and oxygen atoms in total. The van der Waals surface area contributed by atoms with Gasteiger partial charge in [-0.05, 0) is 31.5 Å². The number of aliphatic hydroxyl groups is 1. The predicted molar refractivity (Wildman–Crippen MR) is 78.0 cm³/mol. The van der Waals surface area contributed by atoms with Gasteiger partial charge in [0.15, 0.2) is 17.6 Å². The number of methoxy groups -OCH3 is 1. The Balaban J connectivity index is 2.53. The van der Waals surface area contributed by atoms with Crippen molar-refractivity contribution in [3.63, 3.8) is 0 Å². The molecule has 120 valence electrons. The highest BCUT2D eigenvalue weighted by Gasteiger charge is 2.35. The lowest BCUT2D eigenvalue weighted by Crippen LogP contribution is -2.47. The Morgan fingerprint density at radius 1 is 1.45 bits per heavy atom. The Morgan fingerprint density at radius 2 is 2.18 bits per heavy atom. The Labute approximate surface area is 128 Å². The highest BCUT2D eigenvalue weighted by molar-refractivity contribution is 6.03. The molecule has 7 heteroatoms. The Bertz CT molecular complexity index is 586. The number of rotatable bonds is 5. The summed E-state index contributed by atoms with van der Waals surface area (Å²) >= 11 is 0. The molecule has 1 unspecified atom stereocenters. The zero-order chi connectivity index (χ0) is 16.3. The van der Waals surface area contributed by atoms with Crippen LogP contribution in [0.25, 0.3) is 0 Å². The minimum Gasteiger partial charge on any atom is -0.490 e. The van der Waals surface area contributed by atoms with Crippen LogP contribution in [0.5, 0.6) is 11.5 Å². The molecule has 1 amide bonds. The van der Waals surface area contributed by atoms with Gasteiger partial charge in [0.05, 0.1) is 26.0 Å². The van der Waals surface area contributed by atoms with Crippen molar-refractivity contribution in [1.29, 1.82) is 0 Å². The largest absolute Gasteiger partial charge is 0.490 e. The molecule has 0 radical (unpaired) electrons. The second kappa shape index (κ2) is 6.65.